The van der Waals surface area contributed by atoms with Crippen molar-refractivity contribution in [2.24, 2.45) is 11.8 Å². The Bertz CT molecular complexity index is 684. The summed E-state index contributed by atoms with van der Waals surface area (Å²) in [5.41, 5.74) is -0.100. The highest BCUT2D eigenvalue weighted by molar-refractivity contribution is 5.91. The summed E-state index contributed by atoms with van der Waals surface area (Å²) >= 11 is 0. The number of aliphatic hydroxyl groups is 1. The fourth-order valence-corrected chi connectivity index (χ4v) is 4.22. The van der Waals surface area contributed by atoms with Crippen LogP contribution in [0, 0.1) is 18.8 Å². The van der Waals surface area contributed by atoms with Gasteiger partial charge >= 0.3 is 0 Å². The first-order chi connectivity index (χ1) is 12.0. The number of carbonyl (C=O) groups is 2. The SMILES string of the molecule is Cc1cc(C(=O)N2CCC3(O)CCN(C(=O)C4CCC4)CC3C2)on1. The highest BCUT2D eigenvalue weighted by atomic mass is 16.5. The van der Waals surface area contributed by atoms with E-state index in [4.69, 9.17) is 4.52 Å². The van der Waals surface area contributed by atoms with Gasteiger partial charge < -0.3 is 19.4 Å². The molecule has 2 saturated heterocycles. The monoisotopic (exact) mass is 347 g/mol. The smallest absolute Gasteiger partial charge is 0.292 e. The third kappa shape index (κ3) is 2.94. The second-order valence-corrected chi connectivity index (χ2v) is 7.80. The van der Waals surface area contributed by atoms with Crippen molar-refractivity contribution in [2.75, 3.05) is 26.2 Å². The standard InChI is InChI=1S/C18H25N3O4/c1-12-9-15(25-19-12)17(23)21-8-6-18(24)5-7-20(10-14(18)11-21)16(22)13-3-2-4-13/h9,13-14,24H,2-8,10-11H2,1H3. The first-order valence-corrected chi connectivity index (χ1v) is 9.20. The molecule has 1 aliphatic carbocycles. The van der Waals surface area contributed by atoms with Crippen LogP contribution in [0.15, 0.2) is 10.6 Å². The Morgan fingerprint density at radius 2 is 1.92 bits per heavy atom. The van der Waals surface area contributed by atoms with Gasteiger partial charge in [-0.2, -0.15) is 0 Å². The molecule has 2 atom stereocenters. The Morgan fingerprint density at radius 3 is 2.52 bits per heavy atom. The van der Waals surface area contributed by atoms with Crippen LogP contribution in [0.2, 0.25) is 0 Å². The minimum Gasteiger partial charge on any atom is -0.389 e. The van der Waals surface area contributed by atoms with Crippen molar-refractivity contribution in [3.05, 3.63) is 17.5 Å². The van der Waals surface area contributed by atoms with Crippen LogP contribution in [0.25, 0.3) is 0 Å². The molecule has 3 heterocycles. The van der Waals surface area contributed by atoms with Gasteiger partial charge in [0.25, 0.3) is 5.91 Å². The summed E-state index contributed by atoms with van der Waals surface area (Å²) < 4.78 is 5.09. The Labute approximate surface area is 146 Å². The van der Waals surface area contributed by atoms with Crippen molar-refractivity contribution in [3.8, 4) is 0 Å². The fourth-order valence-electron chi connectivity index (χ4n) is 4.22. The number of aryl methyl sites for hydroxylation is 1. The highest BCUT2D eigenvalue weighted by Crippen LogP contribution is 2.37. The molecule has 4 rings (SSSR count). The van der Waals surface area contributed by atoms with Gasteiger partial charge in [0.1, 0.15) is 0 Å². The number of carbonyl (C=O) groups excluding carboxylic acids is 2. The summed E-state index contributed by atoms with van der Waals surface area (Å²) in [6.07, 6.45) is 4.25. The lowest BCUT2D eigenvalue weighted by atomic mass is 9.74. The van der Waals surface area contributed by atoms with E-state index in [0.29, 0.717) is 44.7 Å². The van der Waals surface area contributed by atoms with Crippen LogP contribution in [-0.4, -0.2) is 63.7 Å². The molecule has 136 valence electrons. The van der Waals surface area contributed by atoms with Gasteiger partial charge in [-0.3, -0.25) is 9.59 Å². The Kier molecular flexibility index (Phi) is 4.06. The number of fused-ring (bicyclic) bond motifs is 1. The summed E-state index contributed by atoms with van der Waals surface area (Å²) in [6, 6.07) is 1.64. The van der Waals surface area contributed by atoms with Crippen LogP contribution >= 0.6 is 0 Å². The van der Waals surface area contributed by atoms with Gasteiger partial charge in [-0.25, -0.2) is 0 Å². The van der Waals surface area contributed by atoms with E-state index in [1.165, 1.54) is 0 Å². The second kappa shape index (κ2) is 6.12. The second-order valence-electron chi connectivity index (χ2n) is 7.80. The molecule has 1 N–H and O–H groups in total. The zero-order chi connectivity index (χ0) is 17.6. The van der Waals surface area contributed by atoms with Gasteiger partial charge in [0.2, 0.25) is 11.7 Å². The van der Waals surface area contributed by atoms with Crippen LogP contribution in [0.3, 0.4) is 0 Å². The van der Waals surface area contributed by atoms with E-state index in [0.717, 1.165) is 19.3 Å². The van der Waals surface area contributed by atoms with Crippen LogP contribution in [0.1, 0.15) is 48.4 Å². The molecule has 0 bridgehead atoms. The average molecular weight is 347 g/mol. The first-order valence-electron chi connectivity index (χ1n) is 9.20. The van der Waals surface area contributed by atoms with E-state index in [1.54, 1.807) is 17.9 Å². The Hall–Kier alpha value is -1.89. The molecule has 7 heteroatoms. The van der Waals surface area contributed by atoms with Crippen molar-refractivity contribution in [1.82, 2.24) is 15.0 Å². The van der Waals surface area contributed by atoms with E-state index in [9.17, 15) is 14.7 Å². The Morgan fingerprint density at radius 1 is 1.24 bits per heavy atom. The molecular weight excluding hydrogens is 322 g/mol. The van der Waals surface area contributed by atoms with Crippen molar-refractivity contribution in [1.29, 1.82) is 0 Å². The number of hydrogen-bond donors (Lipinski definition) is 1. The first kappa shape index (κ1) is 16.6. The van der Waals surface area contributed by atoms with Crippen molar-refractivity contribution in [2.45, 2.75) is 44.6 Å². The molecule has 2 aliphatic heterocycles. The molecule has 0 aromatic carbocycles. The molecule has 0 radical (unpaired) electrons. The van der Waals surface area contributed by atoms with Crippen LogP contribution in [-0.2, 0) is 4.79 Å². The molecule has 25 heavy (non-hydrogen) atoms. The van der Waals surface area contributed by atoms with E-state index in [2.05, 4.69) is 5.16 Å². The summed E-state index contributed by atoms with van der Waals surface area (Å²) in [6.45, 7) is 3.88. The minimum absolute atomic E-state index is 0.105. The summed E-state index contributed by atoms with van der Waals surface area (Å²) in [7, 11) is 0. The van der Waals surface area contributed by atoms with E-state index in [1.807, 2.05) is 4.90 Å². The normalized spacial score (nSPS) is 29.9. The zero-order valence-corrected chi connectivity index (χ0v) is 14.6. The van der Waals surface area contributed by atoms with Gasteiger partial charge in [0.05, 0.1) is 11.3 Å². The lowest BCUT2D eigenvalue weighted by Crippen LogP contribution is -2.62. The Balaban J connectivity index is 1.45. The van der Waals surface area contributed by atoms with Crippen LogP contribution in [0.4, 0.5) is 0 Å². The maximum absolute atomic E-state index is 12.6. The van der Waals surface area contributed by atoms with Crippen molar-refractivity contribution >= 4 is 11.8 Å². The van der Waals surface area contributed by atoms with Gasteiger partial charge in [0, 0.05) is 44.1 Å². The number of piperidine rings is 2. The summed E-state index contributed by atoms with van der Waals surface area (Å²) in [4.78, 5) is 28.8. The number of hydrogen-bond acceptors (Lipinski definition) is 5. The third-order valence-electron chi connectivity index (χ3n) is 6.16. The molecular formula is C18H25N3O4. The lowest BCUT2D eigenvalue weighted by Gasteiger charge is -2.50. The van der Waals surface area contributed by atoms with Gasteiger partial charge in [-0.1, -0.05) is 11.6 Å². The molecule has 7 nitrogen and oxygen atoms in total. The summed E-state index contributed by atoms with van der Waals surface area (Å²) in [5, 5.41) is 14.7. The molecule has 2 amide bonds. The third-order valence-corrected chi connectivity index (χ3v) is 6.16. The molecule has 1 saturated carbocycles. The molecule has 1 aromatic rings. The highest BCUT2D eigenvalue weighted by Gasteiger charge is 2.47. The molecule has 0 spiro atoms. The number of aromatic nitrogens is 1. The lowest BCUT2D eigenvalue weighted by molar-refractivity contribution is -0.151. The molecule has 1 aromatic heterocycles. The van der Waals surface area contributed by atoms with E-state index < -0.39 is 5.60 Å². The maximum atomic E-state index is 12.6. The molecule has 3 aliphatic rings. The van der Waals surface area contributed by atoms with Gasteiger partial charge in [-0.05, 0) is 32.6 Å². The van der Waals surface area contributed by atoms with Crippen molar-refractivity contribution in [3.63, 3.8) is 0 Å². The van der Waals surface area contributed by atoms with Crippen LogP contribution in [0.5, 0.6) is 0 Å². The number of nitrogens with zero attached hydrogens (tertiary/aromatic N) is 3. The predicted octanol–water partition coefficient (Wildman–Crippen LogP) is 1.21. The predicted molar refractivity (Wildman–Crippen MR) is 88.7 cm³/mol. The van der Waals surface area contributed by atoms with Gasteiger partial charge in [0.15, 0.2) is 0 Å². The van der Waals surface area contributed by atoms with Crippen LogP contribution < -0.4 is 0 Å². The summed E-state index contributed by atoms with van der Waals surface area (Å²) in [5.74, 6) is 0.338. The minimum atomic E-state index is -0.773. The molecule has 2 unspecified atom stereocenters. The number of likely N-dealkylation sites (tertiary alicyclic amines) is 2. The van der Waals surface area contributed by atoms with E-state index >= 15 is 0 Å². The quantitative estimate of drug-likeness (QED) is 0.869. The number of amides is 2. The maximum Gasteiger partial charge on any atom is 0.292 e. The van der Waals surface area contributed by atoms with Crippen molar-refractivity contribution < 1.29 is 19.2 Å². The molecule has 3 fully saturated rings. The average Bonchev–Trinajstić information content (AvgIpc) is 2.98. The fraction of sp³-hybridized carbons (Fsp3) is 0.722. The number of rotatable bonds is 2. The van der Waals surface area contributed by atoms with Gasteiger partial charge in [-0.15, -0.1) is 0 Å². The van der Waals surface area contributed by atoms with E-state index in [-0.39, 0.29) is 29.4 Å². The zero-order valence-electron chi connectivity index (χ0n) is 14.6. The topological polar surface area (TPSA) is 86.9 Å². The largest absolute Gasteiger partial charge is 0.389 e.